The molecule has 14 heteroatoms. The molecule has 4 aromatic rings. The number of amides is 5. The number of carbonyl (C=O) groups is 4. The lowest BCUT2D eigenvalue weighted by molar-refractivity contribution is -0.156. The Morgan fingerprint density at radius 3 is 2.49 bits per heavy atom. The number of nitrogens with zero attached hydrogens (tertiary/aromatic N) is 6. The molecule has 0 saturated carbocycles. The van der Waals surface area contributed by atoms with Crippen molar-refractivity contribution in [3.8, 4) is 5.75 Å². The van der Waals surface area contributed by atoms with Crippen LogP contribution < -0.4 is 16.0 Å². The summed E-state index contributed by atoms with van der Waals surface area (Å²) in [6.45, 7) is 4.30. The number of nitrogens with one attached hydrogen (secondary N) is 3. The second kappa shape index (κ2) is 15.9. The molecule has 4 N–H and O–H groups in total. The molecular weight excluding hydrogens is 626 g/mol. The van der Waals surface area contributed by atoms with Crippen molar-refractivity contribution in [3.05, 3.63) is 102 Å². The molecule has 0 aliphatic carbocycles. The van der Waals surface area contributed by atoms with E-state index in [1.54, 1.807) is 49.3 Å². The molecule has 1 saturated heterocycles. The lowest BCUT2D eigenvalue weighted by atomic mass is 9.98. The van der Waals surface area contributed by atoms with Gasteiger partial charge in [-0.2, -0.15) is 0 Å². The van der Waals surface area contributed by atoms with Crippen LogP contribution in [-0.2, 0) is 40.4 Å². The van der Waals surface area contributed by atoms with Crippen LogP contribution in [0.4, 0.5) is 4.79 Å². The van der Waals surface area contributed by atoms with E-state index in [1.807, 2.05) is 36.4 Å². The highest BCUT2D eigenvalue weighted by Gasteiger charge is 2.44. The molecular formula is C35H41N9O5. The molecule has 3 aromatic carbocycles. The SMILES string of the molecule is C=CCNCC(=O)N1[C@@H](NC(=O)NCc2ccccc2)CN(Cc2cccc3nnn(CC(=O)N(C)C)c23)C(=O)[C@@H]1Cc1ccc(O)cc1. The predicted molar refractivity (Wildman–Crippen MR) is 183 cm³/mol. The fraction of sp³-hybridized carbons (Fsp3) is 0.314. The minimum atomic E-state index is -0.992. The van der Waals surface area contributed by atoms with E-state index < -0.39 is 18.2 Å². The number of aromatic hydroxyl groups is 1. The van der Waals surface area contributed by atoms with Gasteiger partial charge in [0.15, 0.2) is 0 Å². The Morgan fingerprint density at radius 1 is 1.02 bits per heavy atom. The van der Waals surface area contributed by atoms with Crippen LogP contribution in [0.5, 0.6) is 5.75 Å². The average Bonchev–Trinajstić information content (AvgIpc) is 3.50. The minimum absolute atomic E-state index is 0.00848. The predicted octanol–water partition coefficient (Wildman–Crippen LogP) is 1.61. The number of carbonyl (C=O) groups excluding carboxylic acids is 4. The maximum atomic E-state index is 14.4. The van der Waals surface area contributed by atoms with Gasteiger partial charge in [0.05, 0.1) is 18.6 Å². The van der Waals surface area contributed by atoms with Crippen molar-refractivity contribution in [1.29, 1.82) is 0 Å². The lowest BCUT2D eigenvalue weighted by Crippen LogP contribution is -2.69. The molecule has 5 amide bonds. The largest absolute Gasteiger partial charge is 0.508 e. The highest BCUT2D eigenvalue weighted by atomic mass is 16.3. The Bertz CT molecular complexity index is 1790. The quantitative estimate of drug-likeness (QED) is 0.123. The van der Waals surface area contributed by atoms with E-state index >= 15 is 0 Å². The van der Waals surface area contributed by atoms with Crippen LogP contribution in [0.1, 0.15) is 16.7 Å². The molecule has 1 aromatic heterocycles. The van der Waals surface area contributed by atoms with Gasteiger partial charge in [0, 0.05) is 40.2 Å². The monoisotopic (exact) mass is 667 g/mol. The lowest BCUT2D eigenvalue weighted by Gasteiger charge is -2.46. The van der Waals surface area contributed by atoms with Gasteiger partial charge in [0.1, 0.15) is 30.0 Å². The summed E-state index contributed by atoms with van der Waals surface area (Å²) in [6, 6.07) is 19.8. The Morgan fingerprint density at radius 2 is 1.78 bits per heavy atom. The molecule has 0 radical (unpaired) electrons. The van der Waals surface area contributed by atoms with Gasteiger partial charge < -0.3 is 35.8 Å². The maximum absolute atomic E-state index is 14.4. The molecule has 0 spiro atoms. The number of phenols is 1. The molecule has 14 nitrogen and oxygen atoms in total. The van der Waals surface area contributed by atoms with Gasteiger partial charge >= 0.3 is 6.03 Å². The van der Waals surface area contributed by atoms with Crippen molar-refractivity contribution in [2.75, 3.05) is 33.7 Å². The van der Waals surface area contributed by atoms with Crippen LogP contribution in [0.25, 0.3) is 11.0 Å². The smallest absolute Gasteiger partial charge is 0.316 e. The van der Waals surface area contributed by atoms with Crippen LogP contribution in [0.3, 0.4) is 0 Å². The van der Waals surface area contributed by atoms with Gasteiger partial charge in [-0.15, -0.1) is 11.7 Å². The summed E-state index contributed by atoms with van der Waals surface area (Å²) < 4.78 is 1.52. The van der Waals surface area contributed by atoms with Crippen molar-refractivity contribution in [2.45, 2.75) is 38.3 Å². The number of rotatable bonds is 13. The third-order valence-corrected chi connectivity index (χ3v) is 8.24. The second-order valence-corrected chi connectivity index (χ2v) is 12.0. The molecule has 0 unspecified atom stereocenters. The highest BCUT2D eigenvalue weighted by Crippen LogP contribution is 2.25. The zero-order valence-electron chi connectivity index (χ0n) is 27.6. The number of likely N-dealkylation sites (N-methyl/N-ethyl adjacent to an activating group) is 1. The zero-order chi connectivity index (χ0) is 34.9. The number of piperazine rings is 1. The van der Waals surface area contributed by atoms with Gasteiger partial charge in [0.25, 0.3) is 0 Å². The third kappa shape index (κ3) is 8.59. The summed E-state index contributed by atoms with van der Waals surface area (Å²) in [7, 11) is 3.32. The van der Waals surface area contributed by atoms with E-state index in [4.69, 9.17) is 0 Å². The Labute approximate surface area is 284 Å². The number of hydrogen-bond donors (Lipinski definition) is 4. The maximum Gasteiger partial charge on any atom is 0.316 e. The van der Waals surface area contributed by atoms with Crippen LogP contribution in [0, 0.1) is 0 Å². The molecule has 0 bridgehead atoms. The third-order valence-electron chi connectivity index (χ3n) is 8.24. The first kappa shape index (κ1) is 34.6. The van der Waals surface area contributed by atoms with Crippen molar-refractivity contribution >= 4 is 34.8 Å². The van der Waals surface area contributed by atoms with Gasteiger partial charge in [-0.1, -0.05) is 65.9 Å². The van der Waals surface area contributed by atoms with E-state index in [0.29, 0.717) is 28.7 Å². The van der Waals surface area contributed by atoms with E-state index in [9.17, 15) is 24.3 Å². The van der Waals surface area contributed by atoms with Crippen molar-refractivity contribution < 1.29 is 24.3 Å². The number of benzene rings is 3. The molecule has 256 valence electrons. The first-order valence-electron chi connectivity index (χ1n) is 15.9. The summed E-state index contributed by atoms with van der Waals surface area (Å²) in [6.07, 6.45) is 0.864. The number of urea groups is 1. The molecule has 1 aliphatic heterocycles. The minimum Gasteiger partial charge on any atom is -0.508 e. The van der Waals surface area contributed by atoms with Crippen LogP contribution in [0.15, 0.2) is 85.5 Å². The molecule has 1 fully saturated rings. The van der Waals surface area contributed by atoms with E-state index in [1.165, 1.54) is 26.6 Å². The van der Waals surface area contributed by atoms with E-state index in [-0.39, 0.29) is 62.6 Å². The second-order valence-electron chi connectivity index (χ2n) is 12.0. The molecule has 1 aliphatic rings. The van der Waals surface area contributed by atoms with E-state index in [0.717, 1.165) is 5.56 Å². The van der Waals surface area contributed by atoms with Gasteiger partial charge in [-0.05, 0) is 34.9 Å². The summed E-state index contributed by atoms with van der Waals surface area (Å²) >= 11 is 0. The summed E-state index contributed by atoms with van der Waals surface area (Å²) in [5.41, 5.74) is 3.49. The number of aromatic nitrogens is 3. The normalized spacial score (nSPS) is 16.0. The molecule has 2 atom stereocenters. The topological polar surface area (TPSA) is 165 Å². The number of fused-ring (bicyclic) bond motifs is 1. The van der Waals surface area contributed by atoms with Crippen LogP contribution in [0.2, 0.25) is 0 Å². The number of phenolic OH excluding ortho intramolecular Hbond substituents is 1. The Kier molecular flexibility index (Phi) is 11.2. The standard InChI is InChI=1S/C35H41N9O5/c1-4-17-36-20-31(46)44-29(18-24-13-15-27(45)16-14-24)34(48)42(22-30(44)38-35(49)37-19-25-9-6-5-7-10-25)21-26-11-8-12-28-33(26)43(40-39-28)23-32(47)41(2)3/h4-16,29-30,36,45H,1,17-23H2,2-3H3,(H2,37,38,49)/t29-,30+/m0/s1. The van der Waals surface area contributed by atoms with Crippen molar-refractivity contribution in [1.82, 2.24) is 45.6 Å². The number of para-hydroxylation sites is 1. The summed E-state index contributed by atoms with van der Waals surface area (Å²) in [4.78, 5) is 58.7. The highest BCUT2D eigenvalue weighted by molar-refractivity contribution is 5.91. The molecule has 5 rings (SSSR count). The number of hydrogen-bond acceptors (Lipinski definition) is 8. The summed E-state index contributed by atoms with van der Waals surface area (Å²) in [5, 5.41) is 27.1. The van der Waals surface area contributed by atoms with Gasteiger partial charge in [-0.3, -0.25) is 14.4 Å². The van der Waals surface area contributed by atoms with Crippen molar-refractivity contribution in [2.24, 2.45) is 0 Å². The molecule has 2 heterocycles. The van der Waals surface area contributed by atoms with E-state index in [2.05, 4.69) is 32.8 Å². The fourth-order valence-corrected chi connectivity index (χ4v) is 5.75. The van der Waals surface area contributed by atoms with Crippen molar-refractivity contribution in [3.63, 3.8) is 0 Å². The van der Waals surface area contributed by atoms with Gasteiger partial charge in [0.2, 0.25) is 17.7 Å². The first-order chi connectivity index (χ1) is 23.6. The first-order valence-corrected chi connectivity index (χ1v) is 15.9. The Hall–Kier alpha value is -5.76. The zero-order valence-corrected chi connectivity index (χ0v) is 27.6. The Balaban J connectivity index is 1.49. The van der Waals surface area contributed by atoms with Crippen LogP contribution >= 0.6 is 0 Å². The summed E-state index contributed by atoms with van der Waals surface area (Å²) in [5.74, 6) is -0.802. The fourth-order valence-electron chi connectivity index (χ4n) is 5.75. The molecule has 49 heavy (non-hydrogen) atoms. The van der Waals surface area contributed by atoms with Gasteiger partial charge in [-0.25, -0.2) is 9.48 Å². The van der Waals surface area contributed by atoms with Crippen LogP contribution in [-0.4, -0.2) is 104 Å². The average molecular weight is 668 g/mol.